The van der Waals surface area contributed by atoms with Crippen LogP contribution in [0.25, 0.3) is 0 Å². The number of para-hydroxylation sites is 1. The Balaban J connectivity index is 2.08. The molecule has 1 aliphatic rings. The van der Waals surface area contributed by atoms with Gasteiger partial charge in [0.05, 0.1) is 0 Å². The lowest BCUT2D eigenvalue weighted by atomic mass is 9.99. The molecule has 1 atom stereocenters. The first kappa shape index (κ1) is 12.9. The number of benzene rings is 1. The van der Waals surface area contributed by atoms with Crippen molar-refractivity contribution in [1.82, 2.24) is 4.90 Å². The van der Waals surface area contributed by atoms with Gasteiger partial charge < -0.3 is 10.2 Å². The van der Waals surface area contributed by atoms with Gasteiger partial charge in [0.25, 0.3) is 0 Å². The molecule has 1 N–H and O–H groups in total. The van der Waals surface area contributed by atoms with Gasteiger partial charge in [-0.15, -0.1) is 0 Å². The zero-order chi connectivity index (χ0) is 13.1. The lowest BCUT2D eigenvalue weighted by Gasteiger charge is -2.31. The molecule has 0 spiro atoms. The standard InChI is InChI=1S/C15H22N2O/c1-11(2)13-6-4-5-7-14(13)16-12-8-9-15(18)17(3)10-12/h4-7,11-12,16H,8-10H2,1-3H3/t12-/m0/s1. The lowest BCUT2D eigenvalue weighted by Crippen LogP contribution is -2.43. The van der Waals surface area contributed by atoms with Crippen molar-refractivity contribution in [1.29, 1.82) is 0 Å². The van der Waals surface area contributed by atoms with Crippen molar-refractivity contribution in [3.63, 3.8) is 0 Å². The SMILES string of the molecule is CC(C)c1ccccc1N[C@H]1CCC(=O)N(C)C1. The summed E-state index contributed by atoms with van der Waals surface area (Å²) in [5.41, 5.74) is 2.55. The number of rotatable bonds is 3. The molecule has 3 heteroatoms. The summed E-state index contributed by atoms with van der Waals surface area (Å²) in [6.45, 7) is 5.21. The molecule has 1 aromatic rings. The Kier molecular flexibility index (Phi) is 3.90. The van der Waals surface area contributed by atoms with Gasteiger partial charge in [0.1, 0.15) is 0 Å². The Labute approximate surface area is 109 Å². The predicted octanol–water partition coefficient (Wildman–Crippen LogP) is 2.84. The van der Waals surface area contributed by atoms with Crippen LogP contribution in [0.1, 0.15) is 38.2 Å². The largest absolute Gasteiger partial charge is 0.380 e. The average molecular weight is 246 g/mol. The molecule has 1 aliphatic heterocycles. The first-order valence-electron chi connectivity index (χ1n) is 6.67. The summed E-state index contributed by atoms with van der Waals surface area (Å²) >= 11 is 0. The Hall–Kier alpha value is -1.51. The molecule has 0 saturated carbocycles. The van der Waals surface area contributed by atoms with Crippen LogP contribution in [0.15, 0.2) is 24.3 Å². The second kappa shape index (κ2) is 5.42. The van der Waals surface area contributed by atoms with Crippen LogP contribution in [0.2, 0.25) is 0 Å². The first-order valence-corrected chi connectivity index (χ1v) is 6.67. The molecular weight excluding hydrogens is 224 g/mol. The average Bonchev–Trinajstić information content (AvgIpc) is 2.34. The van der Waals surface area contributed by atoms with Crippen LogP contribution >= 0.6 is 0 Å². The van der Waals surface area contributed by atoms with Crippen molar-refractivity contribution in [3.05, 3.63) is 29.8 Å². The number of likely N-dealkylation sites (tertiary alicyclic amines) is 1. The van der Waals surface area contributed by atoms with Gasteiger partial charge >= 0.3 is 0 Å². The van der Waals surface area contributed by atoms with E-state index in [0.29, 0.717) is 18.4 Å². The third-order valence-electron chi connectivity index (χ3n) is 3.57. The molecule has 1 saturated heterocycles. The smallest absolute Gasteiger partial charge is 0.222 e. The first-order chi connectivity index (χ1) is 8.58. The van der Waals surface area contributed by atoms with Crippen LogP contribution in [0, 0.1) is 0 Å². The maximum atomic E-state index is 11.5. The topological polar surface area (TPSA) is 32.3 Å². The number of nitrogens with zero attached hydrogens (tertiary/aromatic N) is 1. The maximum absolute atomic E-state index is 11.5. The second-order valence-corrected chi connectivity index (χ2v) is 5.40. The van der Waals surface area contributed by atoms with Crippen LogP contribution in [0.5, 0.6) is 0 Å². The molecule has 1 amide bonds. The van der Waals surface area contributed by atoms with E-state index >= 15 is 0 Å². The number of piperidine rings is 1. The minimum atomic E-state index is 0.255. The number of likely N-dealkylation sites (N-methyl/N-ethyl adjacent to an activating group) is 1. The molecule has 1 fully saturated rings. The fourth-order valence-electron chi connectivity index (χ4n) is 2.48. The molecule has 0 unspecified atom stereocenters. The summed E-state index contributed by atoms with van der Waals surface area (Å²) in [6, 6.07) is 8.81. The van der Waals surface area contributed by atoms with Crippen LogP contribution in [0.3, 0.4) is 0 Å². The van der Waals surface area contributed by atoms with Gasteiger partial charge in [-0.1, -0.05) is 32.0 Å². The monoisotopic (exact) mass is 246 g/mol. The highest BCUT2D eigenvalue weighted by Crippen LogP contribution is 2.25. The Morgan fingerprint density at radius 3 is 2.72 bits per heavy atom. The van der Waals surface area contributed by atoms with Crippen LogP contribution in [0.4, 0.5) is 5.69 Å². The van der Waals surface area contributed by atoms with Crippen LogP contribution in [-0.4, -0.2) is 30.4 Å². The van der Waals surface area contributed by atoms with Crippen molar-refractivity contribution in [2.24, 2.45) is 0 Å². The van der Waals surface area contributed by atoms with Gasteiger partial charge in [-0.3, -0.25) is 4.79 Å². The van der Waals surface area contributed by atoms with E-state index in [1.165, 1.54) is 11.3 Å². The van der Waals surface area contributed by atoms with E-state index in [4.69, 9.17) is 0 Å². The number of anilines is 1. The number of carbonyl (C=O) groups is 1. The molecule has 0 bridgehead atoms. The Morgan fingerprint density at radius 1 is 1.33 bits per heavy atom. The van der Waals surface area contributed by atoms with Crippen LogP contribution < -0.4 is 5.32 Å². The Morgan fingerprint density at radius 2 is 2.06 bits per heavy atom. The third kappa shape index (κ3) is 2.84. The molecule has 18 heavy (non-hydrogen) atoms. The van der Waals surface area contributed by atoms with E-state index in [9.17, 15) is 4.79 Å². The van der Waals surface area contributed by atoms with Crippen molar-refractivity contribution >= 4 is 11.6 Å². The van der Waals surface area contributed by atoms with E-state index in [-0.39, 0.29) is 5.91 Å². The minimum Gasteiger partial charge on any atom is -0.380 e. The van der Waals surface area contributed by atoms with Gasteiger partial charge in [-0.25, -0.2) is 0 Å². The number of nitrogens with one attached hydrogen (secondary N) is 1. The molecule has 0 radical (unpaired) electrons. The van der Waals surface area contributed by atoms with Gasteiger partial charge in [-0.2, -0.15) is 0 Å². The number of hydrogen-bond acceptors (Lipinski definition) is 2. The van der Waals surface area contributed by atoms with Gasteiger partial charge in [0, 0.05) is 31.7 Å². The van der Waals surface area contributed by atoms with Crippen molar-refractivity contribution < 1.29 is 4.79 Å². The highest BCUT2D eigenvalue weighted by atomic mass is 16.2. The predicted molar refractivity (Wildman–Crippen MR) is 74.8 cm³/mol. The molecule has 0 aliphatic carbocycles. The number of hydrogen-bond donors (Lipinski definition) is 1. The number of carbonyl (C=O) groups excluding carboxylic acids is 1. The lowest BCUT2D eigenvalue weighted by molar-refractivity contribution is -0.132. The van der Waals surface area contributed by atoms with Gasteiger partial charge in [0.15, 0.2) is 0 Å². The molecule has 3 nitrogen and oxygen atoms in total. The summed E-state index contributed by atoms with van der Waals surface area (Å²) in [5.74, 6) is 0.766. The summed E-state index contributed by atoms with van der Waals surface area (Å²) in [4.78, 5) is 13.3. The van der Waals surface area contributed by atoms with E-state index < -0.39 is 0 Å². The van der Waals surface area contributed by atoms with Crippen molar-refractivity contribution in [2.45, 2.75) is 38.6 Å². The van der Waals surface area contributed by atoms with Gasteiger partial charge in [0.2, 0.25) is 5.91 Å². The molecule has 1 heterocycles. The zero-order valence-corrected chi connectivity index (χ0v) is 11.4. The molecule has 0 aromatic heterocycles. The molecule has 2 rings (SSSR count). The van der Waals surface area contributed by atoms with Gasteiger partial charge in [-0.05, 0) is 24.0 Å². The summed E-state index contributed by atoms with van der Waals surface area (Å²) in [6.07, 6.45) is 1.58. The summed E-state index contributed by atoms with van der Waals surface area (Å²) in [7, 11) is 1.88. The van der Waals surface area contributed by atoms with Crippen LogP contribution in [-0.2, 0) is 4.79 Å². The molecular formula is C15H22N2O. The highest BCUT2D eigenvalue weighted by Gasteiger charge is 2.23. The quantitative estimate of drug-likeness (QED) is 0.889. The summed E-state index contributed by atoms with van der Waals surface area (Å²) in [5, 5.41) is 3.59. The highest BCUT2D eigenvalue weighted by molar-refractivity contribution is 5.77. The van der Waals surface area contributed by atoms with E-state index in [0.717, 1.165) is 13.0 Å². The zero-order valence-electron chi connectivity index (χ0n) is 11.4. The second-order valence-electron chi connectivity index (χ2n) is 5.40. The Bertz CT molecular complexity index is 428. The maximum Gasteiger partial charge on any atom is 0.222 e. The normalized spacial score (nSPS) is 20.3. The fourth-order valence-corrected chi connectivity index (χ4v) is 2.48. The van der Waals surface area contributed by atoms with E-state index in [2.05, 4.69) is 43.4 Å². The fraction of sp³-hybridized carbons (Fsp3) is 0.533. The molecule has 1 aromatic carbocycles. The number of amides is 1. The minimum absolute atomic E-state index is 0.255. The summed E-state index contributed by atoms with van der Waals surface area (Å²) < 4.78 is 0. The third-order valence-corrected chi connectivity index (χ3v) is 3.57. The van der Waals surface area contributed by atoms with Crippen molar-refractivity contribution in [3.8, 4) is 0 Å². The van der Waals surface area contributed by atoms with E-state index in [1.807, 2.05) is 11.9 Å². The van der Waals surface area contributed by atoms with Crippen molar-refractivity contribution in [2.75, 3.05) is 18.9 Å². The molecule has 98 valence electrons. The van der Waals surface area contributed by atoms with E-state index in [1.54, 1.807) is 0 Å².